The maximum atomic E-state index is 13.6. The molecule has 0 heterocycles. The van der Waals surface area contributed by atoms with Crippen LogP contribution in [0, 0.1) is 5.82 Å². The molecule has 1 aliphatic rings. The molecule has 0 amide bonds. The van der Waals surface area contributed by atoms with Gasteiger partial charge in [-0.05, 0) is 42.2 Å². The third-order valence-corrected chi connectivity index (χ3v) is 4.23. The Hall–Kier alpha value is -1.58. The van der Waals surface area contributed by atoms with Gasteiger partial charge in [0.15, 0.2) is 0 Å². The largest absolute Gasteiger partial charge is 0.399 e. The molecule has 0 unspecified atom stereocenters. The van der Waals surface area contributed by atoms with Crippen molar-refractivity contribution in [2.75, 3.05) is 5.73 Å². The van der Waals surface area contributed by atoms with E-state index in [9.17, 15) is 4.39 Å². The van der Waals surface area contributed by atoms with E-state index in [1.165, 1.54) is 24.5 Å². The Balaban J connectivity index is 1.77. The van der Waals surface area contributed by atoms with E-state index >= 15 is 0 Å². The zero-order valence-electron chi connectivity index (χ0n) is 11.7. The van der Waals surface area contributed by atoms with Gasteiger partial charge in [0.1, 0.15) is 5.82 Å². The Kier molecular flexibility index (Phi) is 4.13. The van der Waals surface area contributed by atoms with Crippen LogP contribution in [0.15, 0.2) is 42.5 Å². The SMILES string of the molecule is Nc1cccc(CN(Cc2cccc(F)c2Cl)C2CC2)c1. The minimum Gasteiger partial charge on any atom is -0.399 e. The number of anilines is 1. The number of benzene rings is 2. The quantitative estimate of drug-likeness (QED) is 0.838. The van der Waals surface area contributed by atoms with Crippen LogP contribution in [0.2, 0.25) is 5.02 Å². The summed E-state index contributed by atoms with van der Waals surface area (Å²) in [6, 6.07) is 13.5. The second kappa shape index (κ2) is 6.04. The van der Waals surface area contributed by atoms with Crippen molar-refractivity contribution in [3.8, 4) is 0 Å². The number of hydrogen-bond acceptors (Lipinski definition) is 2. The molecule has 0 spiro atoms. The first kappa shape index (κ1) is 14.4. The first-order valence-corrected chi connectivity index (χ1v) is 7.52. The maximum absolute atomic E-state index is 13.6. The number of nitrogen functional groups attached to an aromatic ring is 1. The molecule has 2 N–H and O–H groups in total. The molecule has 4 heteroatoms. The molecule has 1 saturated carbocycles. The molecule has 110 valence electrons. The monoisotopic (exact) mass is 304 g/mol. The van der Waals surface area contributed by atoms with Crippen molar-refractivity contribution in [3.05, 3.63) is 64.4 Å². The lowest BCUT2D eigenvalue weighted by Crippen LogP contribution is -2.25. The predicted molar refractivity (Wildman–Crippen MR) is 84.5 cm³/mol. The summed E-state index contributed by atoms with van der Waals surface area (Å²) in [5.41, 5.74) is 8.62. The molecule has 2 aromatic carbocycles. The highest BCUT2D eigenvalue weighted by molar-refractivity contribution is 6.31. The summed E-state index contributed by atoms with van der Waals surface area (Å²) in [5.74, 6) is -0.353. The van der Waals surface area contributed by atoms with Crippen molar-refractivity contribution in [2.45, 2.75) is 32.0 Å². The van der Waals surface area contributed by atoms with Crippen molar-refractivity contribution in [1.29, 1.82) is 0 Å². The van der Waals surface area contributed by atoms with E-state index in [0.29, 0.717) is 12.6 Å². The fraction of sp³-hybridized carbons (Fsp3) is 0.294. The van der Waals surface area contributed by atoms with Gasteiger partial charge in [0.25, 0.3) is 0 Å². The molecule has 2 aromatic rings. The van der Waals surface area contributed by atoms with Crippen molar-refractivity contribution < 1.29 is 4.39 Å². The second-order valence-electron chi connectivity index (χ2n) is 5.59. The second-order valence-corrected chi connectivity index (χ2v) is 5.97. The summed E-state index contributed by atoms with van der Waals surface area (Å²) >= 11 is 6.07. The molecule has 2 nitrogen and oxygen atoms in total. The van der Waals surface area contributed by atoms with Gasteiger partial charge in [0, 0.05) is 24.8 Å². The van der Waals surface area contributed by atoms with E-state index in [4.69, 9.17) is 17.3 Å². The Morgan fingerprint density at radius 2 is 1.90 bits per heavy atom. The smallest absolute Gasteiger partial charge is 0.142 e. The summed E-state index contributed by atoms with van der Waals surface area (Å²) < 4.78 is 13.6. The lowest BCUT2D eigenvalue weighted by molar-refractivity contribution is 0.245. The van der Waals surface area contributed by atoms with Gasteiger partial charge in [-0.1, -0.05) is 35.9 Å². The molecular weight excluding hydrogens is 287 g/mol. The van der Waals surface area contributed by atoms with Crippen LogP contribution in [0.5, 0.6) is 0 Å². The Bertz CT molecular complexity index is 640. The minimum atomic E-state index is -0.353. The molecule has 1 aliphatic carbocycles. The zero-order valence-corrected chi connectivity index (χ0v) is 12.5. The lowest BCUT2D eigenvalue weighted by Gasteiger charge is -2.23. The summed E-state index contributed by atoms with van der Waals surface area (Å²) in [5, 5.41) is 0.232. The van der Waals surface area contributed by atoms with Gasteiger partial charge in [-0.3, -0.25) is 4.90 Å². The topological polar surface area (TPSA) is 29.3 Å². The van der Waals surface area contributed by atoms with E-state index in [2.05, 4.69) is 11.0 Å². The number of rotatable bonds is 5. The van der Waals surface area contributed by atoms with Crippen LogP contribution < -0.4 is 5.73 Å². The third-order valence-electron chi connectivity index (χ3n) is 3.80. The number of hydrogen-bond donors (Lipinski definition) is 1. The zero-order chi connectivity index (χ0) is 14.8. The predicted octanol–water partition coefficient (Wildman–Crippen LogP) is 4.23. The van der Waals surface area contributed by atoms with Gasteiger partial charge in [-0.15, -0.1) is 0 Å². The van der Waals surface area contributed by atoms with Gasteiger partial charge in [-0.2, -0.15) is 0 Å². The Morgan fingerprint density at radius 1 is 1.14 bits per heavy atom. The van der Waals surface area contributed by atoms with Crippen molar-refractivity contribution in [1.82, 2.24) is 4.90 Å². The van der Waals surface area contributed by atoms with Crippen molar-refractivity contribution in [2.24, 2.45) is 0 Å². The summed E-state index contributed by atoms with van der Waals surface area (Å²) in [6.45, 7) is 1.47. The van der Waals surface area contributed by atoms with Crippen LogP contribution in [0.25, 0.3) is 0 Å². The average molecular weight is 305 g/mol. The van der Waals surface area contributed by atoms with E-state index in [-0.39, 0.29) is 10.8 Å². The van der Waals surface area contributed by atoms with E-state index < -0.39 is 0 Å². The molecule has 1 fully saturated rings. The third kappa shape index (κ3) is 3.55. The highest BCUT2D eigenvalue weighted by Crippen LogP contribution is 2.31. The molecule has 0 atom stereocenters. The number of halogens is 2. The van der Waals surface area contributed by atoms with Gasteiger partial charge >= 0.3 is 0 Å². The van der Waals surface area contributed by atoms with Crippen LogP contribution in [-0.4, -0.2) is 10.9 Å². The normalized spacial score (nSPS) is 14.6. The van der Waals surface area contributed by atoms with Gasteiger partial charge in [0.2, 0.25) is 0 Å². The Morgan fingerprint density at radius 3 is 2.62 bits per heavy atom. The average Bonchev–Trinajstić information content (AvgIpc) is 3.27. The summed E-state index contributed by atoms with van der Waals surface area (Å²) in [6.07, 6.45) is 2.38. The highest BCUT2D eigenvalue weighted by atomic mass is 35.5. The molecule has 3 rings (SSSR count). The molecule has 0 radical (unpaired) electrons. The molecular formula is C17H18ClFN2. The van der Waals surface area contributed by atoms with Gasteiger partial charge < -0.3 is 5.73 Å². The number of nitrogens with zero attached hydrogens (tertiary/aromatic N) is 1. The van der Waals surface area contributed by atoms with Gasteiger partial charge in [-0.25, -0.2) is 4.39 Å². The standard InChI is InChI=1S/C17H18ClFN2/c18-17-13(4-2-6-16(17)19)11-21(15-7-8-15)10-12-3-1-5-14(20)9-12/h1-6,9,15H,7-8,10-11,20H2. The van der Waals surface area contributed by atoms with Crippen LogP contribution in [0.1, 0.15) is 24.0 Å². The summed E-state index contributed by atoms with van der Waals surface area (Å²) in [4.78, 5) is 2.34. The van der Waals surface area contributed by atoms with Crippen LogP contribution in [0.3, 0.4) is 0 Å². The Labute approximate surface area is 129 Å². The van der Waals surface area contributed by atoms with E-state index in [1.807, 2.05) is 24.3 Å². The highest BCUT2D eigenvalue weighted by Gasteiger charge is 2.29. The molecule has 0 bridgehead atoms. The van der Waals surface area contributed by atoms with Crippen molar-refractivity contribution >= 4 is 17.3 Å². The van der Waals surface area contributed by atoms with Crippen molar-refractivity contribution in [3.63, 3.8) is 0 Å². The minimum absolute atomic E-state index is 0.232. The molecule has 0 aliphatic heterocycles. The molecule has 0 saturated heterocycles. The number of nitrogens with two attached hydrogens (primary N) is 1. The van der Waals surface area contributed by atoms with Crippen LogP contribution >= 0.6 is 11.6 Å². The summed E-state index contributed by atoms with van der Waals surface area (Å²) in [7, 11) is 0. The van der Waals surface area contributed by atoms with Crippen LogP contribution in [0.4, 0.5) is 10.1 Å². The fourth-order valence-corrected chi connectivity index (χ4v) is 2.75. The maximum Gasteiger partial charge on any atom is 0.142 e. The van der Waals surface area contributed by atoms with Crippen LogP contribution in [-0.2, 0) is 13.1 Å². The molecule has 0 aromatic heterocycles. The lowest BCUT2D eigenvalue weighted by atomic mass is 10.1. The first-order valence-electron chi connectivity index (χ1n) is 7.15. The first-order chi connectivity index (χ1) is 10.1. The van der Waals surface area contributed by atoms with Gasteiger partial charge in [0.05, 0.1) is 5.02 Å². The molecule has 21 heavy (non-hydrogen) atoms. The van der Waals surface area contributed by atoms with E-state index in [1.54, 1.807) is 6.07 Å². The van der Waals surface area contributed by atoms with E-state index in [0.717, 1.165) is 17.8 Å². The fourth-order valence-electron chi connectivity index (χ4n) is 2.57.